The molecule has 0 unspecified atom stereocenters. The number of Topliss-reactive ketones (excluding diaryl/α,β-unsaturated/α-hetero) is 2. The van der Waals surface area contributed by atoms with E-state index < -0.39 is 11.9 Å². The number of carbonyl (C=O) groups is 3. The van der Waals surface area contributed by atoms with Gasteiger partial charge < -0.3 is 9.84 Å². The van der Waals surface area contributed by atoms with Crippen molar-refractivity contribution < 1.29 is 24.2 Å². The van der Waals surface area contributed by atoms with Crippen molar-refractivity contribution in [2.24, 2.45) is 5.92 Å². The molecule has 0 aromatic rings. The first-order chi connectivity index (χ1) is 9.58. The van der Waals surface area contributed by atoms with Gasteiger partial charge in [0.2, 0.25) is 0 Å². The zero-order valence-corrected chi connectivity index (χ0v) is 11.1. The van der Waals surface area contributed by atoms with Gasteiger partial charge in [0.15, 0.2) is 11.6 Å². The second-order valence-corrected chi connectivity index (χ2v) is 5.48. The number of aliphatic carboxylic acids is 1. The molecule has 5 nitrogen and oxygen atoms in total. The Morgan fingerprint density at radius 3 is 1.95 bits per heavy atom. The molecule has 0 spiro atoms. The maximum atomic E-state index is 12.1. The third kappa shape index (κ3) is 2.07. The van der Waals surface area contributed by atoms with Gasteiger partial charge >= 0.3 is 5.97 Å². The number of allylic oxidation sites excluding steroid dienone is 4. The molecular weight excluding hydrogens is 260 g/mol. The highest BCUT2D eigenvalue weighted by atomic mass is 16.5. The summed E-state index contributed by atoms with van der Waals surface area (Å²) in [5, 5.41) is 9.11. The first-order valence-corrected chi connectivity index (χ1v) is 7.00. The summed E-state index contributed by atoms with van der Waals surface area (Å²) in [4.78, 5) is 35.4. The van der Waals surface area contributed by atoms with Crippen LogP contribution in [0, 0.1) is 5.92 Å². The Hall–Kier alpha value is -1.91. The van der Waals surface area contributed by atoms with Crippen LogP contribution in [-0.4, -0.2) is 22.6 Å². The fraction of sp³-hybridized carbons (Fsp3) is 0.533. The summed E-state index contributed by atoms with van der Waals surface area (Å²) in [6.45, 7) is 0. The van der Waals surface area contributed by atoms with E-state index in [0.717, 1.165) is 12.8 Å². The van der Waals surface area contributed by atoms with Crippen molar-refractivity contribution in [2.75, 3.05) is 0 Å². The number of hydrogen-bond donors (Lipinski definition) is 1. The zero-order valence-electron chi connectivity index (χ0n) is 11.1. The molecule has 0 aromatic carbocycles. The van der Waals surface area contributed by atoms with Gasteiger partial charge in [-0.1, -0.05) is 0 Å². The summed E-state index contributed by atoms with van der Waals surface area (Å²) in [5.74, 6) is -0.536. The van der Waals surface area contributed by atoms with E-state index in [-0.39, 0.29) is 18.0 Å². The van der Waals surface area contributed by atoms with E-state index in [1.165, 1.54) is 0 Å². The molecule has 0 radical (unpaired) electrons. The van der Waals surface area contributed by atoms with Gasteiger partial charge in [0, 0.05) is 42.7 Å². The number of ether oxygens (including phenoxy) is 1. The van der Waals surface area contributed by atoms with E-state index in [0.29, 0.717) is 48.3 Å². The smallest absolute Gasteiger partial charge is 0.304 e. The quantitative estimate of drug-likeness (QED) is 0.835. The summed E-state index contributed by atoms with van der Waals surface area (Å²) >= 11 is 0. The van der Waals surface area contributed by atoms with Crippen molar-refractivity contribution in [1.82, 2.24) is 0 Å². The number of rotatable bonds is 2. The molecule has 3 aliphatic rings. The summed E-state index contributed by atoms with van der Waals surface area (Å²) in [6, 6.07) is 0. The molecule has 106 valence electrons. The van der Waals surface area contributed by atoms with Crippen LogP contribution in [0.2, 0.25) is 0 Å². The van der Waals surface area contributed by atoms with Gasteiger partial charge in [0.25, 0.3) is 0 Å². The maximum absolute atomic E-state index is 12.1. The Morgan fingerprint density at radius 2 is 1.50 bits per heavy atom. The fourth-order valence-electron chi connectivity index (χ4n) is 3.33. The van der Waals surface area contributed by atoms with Gasteiger partial charge in [-0.25, -0.2) is 0 Å². The normalized spacial score (nSPS) is 23.4. The first-order valence-electron chi connectivity index (χ1n) is 7.00. The number of ketones is 2. The summed E-state index contributed by atoms with van der Waals surface area (Å²) in [5.41, 5.74) is 0.875. The highest BCUT2D eigenvalue weighted by molar-refractivity contribution is 6.04. The monoisotopic (exact) mass is 276 g/mol. The predicted molar refractivity (Wildman–Crippen MR) is 68.6 cm³/mol. The minimum absolute atomic E-state index is 0.0672. The second kappa shape index (κ2) is 4.89. The lowest BCUT2D eigenvalue weighted by Gasteiger charge is -2.35. The molecule has 0 atom stereocenters. The molecule has 0 saturated carbocycles. The third-order valence-electron chi connectivity index (χ3n) is 4.14. The van der Waals surface area contributed by atoms with E-state index >= 15 is 0 Å². The lowest BCUT2D eigenvalue weighted by Crippen LogP contribution is -2.32. The van der Waals surface area contributed by atoms with Crippen LogP contribution in [0.1, 0.15) is 44.9 Å². The molecule has 1 N–H and O–H groups in total. The largest absolute Gasteiger partial charge is 0.481 e. The number of carboxylic acids is 1. The van der Waals surface area contributed by atoms with Crippen molar-refractivity contribution >= 4 is 17.5 Å². The van der Waals surface area contributed by atoms with E-state index in [1.54, 1.807) is 0 Å². The molecule has 1 aliphatic heterocycles. The zero-order chi connectivity index (χ0) is 14.3. The van der Waals surface area contributed by atoms with Crippen LogP contribution in [0.3, 0.4) is 0 Å². The van der Waals surface area contributed by atoms with Crippen LogP contribution in [0.15, 0.2) is 22.7 Å². The van der Waals surface area contributed by atoms with Gasteiger partial charge in [0.1, 0.15) is 11.5 Å². The topological polar surface area (TPSA) is 80.7 Å². The highest BCUT2D eigenvalue weighted by Gasteiger charge is 2.41. The highest BCUT2D eigenvalue weighted by Crippen LogP contribution is 2.44. The Kier molecular flexibility index (Phi) is 3.20. The van der Waals surface area contributed by atoms with Crippen molar-refractivity contribution in [3.05, 3.63) is 22.7 Å². The van der Waals surface area contributed by atoms with Crippen LogP contribution in [0.4, 0.5) is 0 Å². The second-order valence-electron chi connectivity index (χ2n) is 5.48. The average molecular weight is 276 g/mol. The minimum atomic E-state index is -0.993. The van der Waals surface area contributed by atoms with E-state index in [4.69, 9.17) is 9.84 Å². The van der Waals surface area contributed by atoms with Crippen LogP contribution < -0.4 is 0 Å². The molecule has 1 heterocycles. The van der Waals surface area contributed by atoms with Crippen molar-refractivity contribution in [3.63, 3.8) is 0 Å². The molecule has 3 rings (SSSR count). The number of hydrogen-bond acceptors (Lipinski definition) is 4. The maximum Gasteiger partial charge on any atom is 0.304 e. The first kappa shape index (κ1) is 13.1. The van der Waals surface area contributed by atoms with Crippen LogP contribution >= 0.6 is 0 Å². The van der Waals surface area contributed by atoms with Crippen molar-refractivity contribution in [1.29, 1.82) is 0 Å². The van der Waals surface area contributed by atoms with Gasteiger partial charge in [0.05, 0.1) is 6.42 Å². The molecule has 2 aliphatic carbocycles. The molecule has 5 heteroatoms. The summed E-state index contributed by atoms with van der Waals surface area (Å²) in [7, 11) is 0. The third-order valence-corrected chi connectivity index (χ3v) is 4.14. The molecule has 0 aromatic heterocycles. The SMILES string of the molecule is O=C(O)CC1C2=C(CCCC2=O)OC2=C1C(=O)CCC2. The minimum Gasteiger partial charge on any atom is -0.481 e. The van der Waals surface area contributed by atoms with Crippen molar-refractivity contribution in [3.8, 4) is 0 Å². The van der Waals surface area contributed by atoms with Gasteiger partial charge in [-0.3, -0.25) is 14.4 Å². The summed E-state index contributed by atoms with van der Waals surface area (Å²) in [6.07, 6.45) is 3.38. The van der Waals surface area contributed by atoms with Crippen LogP contribution in [0.25, 0.3) is 0 Å². The van der Waals surface area contributed by atoms with Gasteiger partial charge in [-0.05, 0) is 12.8 Å². The van der Waals surface area contributed by atoms with E-state index in [2.05, 4.69) is 0 Å². The van der Waals surface area contributed by atoms with Crippen molar-refractivity contribution in [2.45, 2.75) is 44.9 Å². The Morgan fingerprint density at radius 1 is 1.00 bits per heavy atom. The lowest BCUT2D eigenvalue weighted by molar-refractivity contribution is -0.137. The number of carboxylic acid groups (broad SMARTS) is 1. The Balaban J connectivity index is 2.07. The van der Waals surface area contributed by atoms with E-state index in [1.807, 2.05) is 0 Å². The molecule has 0 amide bonds. The standard InChI is InChI=1S/C15H16O5/c16-9-3-1-5-11-14(9)8(7-13(18)19)15-10(17)4-2-6-12(15)20-11/h8H,1-7H2,(H,18,19). The molecular formula is C15H16O5. The Bertz CT molecular complexity index is 525. The molecule has 0 bridgehead atoms. The molecule has 0 fully saturated rings. The van der Waals surface area contributed by atoms with Crippen LogP contribution in [-0.2, 0) is 19.1 Å². The van der Waals surface area contributed by atoms with E-state index in [9.17, 15) is 14.4 Å². The average Bonchev–Trinajstić information content (AvgIpc) is 2.37. The molecule has 0 saturated heterocycles. The van der Waals surface area contributed by atoms with Gasteiger partial charge in [-0.2, -0.15) is 0 Å². The van der Waals surface area contributed by atoms with Gasteiger partial charge in [-0.15, -0.1) is 0 Å². The number of carbonyl (C=O) groups excluding carboxylic acids is 2. The molecule has 20 heavy (non-hydrogen) atoms. The predicted octanol–water partition coefficient (Wildman–Crippen LogP) is 2.12. The Labute approximate surface area is 116 Å². The van der Waals surface area contributed by atoms with Crippen LogP contribution in [0.5, 0.6) is 0 Å². The lowest BCUT2D eigenvalue weighted by atomic mass is 9.75. The summed E-state index contributed by atoms with van der Waals surface area (Å²) < 4.78 is 5.77. The fourth-order valence-corrected chi connectivity index (χ4v) is 3.33.